The van der Waals surface area contributed by atoms with E-state index in [2.05, 4.69) is 9.88 Å². The number of rotatable bonds is 4. The summed E-state index contributed by atoms with van der Waals surface area (Å²) in [6, 6.07) is 15.2. The van der Waals surface area contributed by atoms with E-state index in [1.165, 1.54) is 4.90 Å². The van der Waals surface area contributed by atoms with Gasteiger partial charge in [0.15, 0.2) is 18.0 Å². The zero-order valence-corrected chi connectivity index (χ0v) is 17.7. The Bertz CT molecular complexity index is 999. The maximum absolute atomic E-state index is 12.9. The first-order valence-electron chi connectivity index (χ1n) is 11.2. The maximum Gasteiger partial charge on any atom is 0.277 e. The summed E-state index contributed by atoms with van der Waals surface area (Å²) in [4.78, 5) is 23.2. The lowest BCUT2D eigenvalue weighted by atomic mass is 9.96. The molecule has 7 heteroatoms. The number of likely N-dealkylation sites (tertiary alicyclic amines) is 1. The first-order valence-corrected chi connectivity index (χ1v) is 11.2. The number of phenolic OH excluding ortho intramolecular Hbond substituents is 1. The zero-order valence-electron chi connectivity index (χ0n) is 17.7. The predicted molar refractivity (Wildman–Crippen MR) is 118 cm³/mol. The summed E-state index contributed by atoms with van der Waals surface area (Å²) in [6.45, 7) is 5.86. The minimum absolute atomic E-state index is 0.254. The molecule has 2 saturated heterocycles. The van der Waals surface area contributed by atoms with Crippen molar-refractivity contribution < 1.29 is 19.2 Å². The van der Waals surface area contributed by atoms with Gasteiger partial charge in [0.2, 0.25) is 0 Å². The summed E-state index contributed by atoms with van der Waals surface area (Å²) in [7, 11) is 0. The Labute approximate surface area is 181 Å². The van der Waals surface area contributed by atoms with Crippen LogP contribution in [0.25, 0.3) is 11.1 Å². The van der Waals surface area contributed by atoms with Gasteiger partial charge in [-0.2, -0.15) is 0 Å². The van der Waals surface area contributed by atoms with Crippen LogP contribution in [0, 0.1) is 0 Å². The Kier molecular flexibility index (Phi) is 5.51. The van der Waals surface area contributed by atoms with E-state index in [1.54, 1.807) is 12.1 Å². The molecule has 162 valence electrons. The molecule has 0 spiro atoms. The van der Waals surface area contributed by atoms with Crippen molar-refractivity contribution in [2.45, 2.75) is 18.8 Å². The second-order valence-electron chi connectivity index (χ2n) is 8.61. The average molecular weight is 422 g/mol. The first kappa shape index (κ1) is 19.9. The minimum Gasteiger partial charge on any atom is -0.508 e. The molecule has 0 atom stereocenters. The first-order chi connectivity index (χ1) is 15.2. The zero-order chi connectivity index (χ0) is 21.2. The Morgan fingerprint density at radius 3 is 2.45 bits per heavy atom. The standard InChI is InChI=1S/C24H28N4O3/c29-20-7-5-19(6-8-20)27-15-13-26(14-16-27)17-23(30)28-11-9-18(10-12-28)24-25-21-3-1-2-4-22(21)31-24/h1-8,18,29H,9-17H2/p+1. The number of amides is 1. The normalized spacial score (nSPS) is 18.6. The number of oxazole rings is 1. The number of nitrogens with zero attached hydrogens (tertiary/aromatic N) is 3. The highest BCUT2D eigenvalue weighted by Gasteiger charge is 2.30. The van der Waals surface area contributed by atoms with Crippen LogP contribution in [0.2, 0.25) is 0 Å². The Balaban J connectivity index is 1.10. The molecule has 3 aromatic rings. The lowest BCUT2D eigenvalue weighted by molar-refractivity contribution is -0.892. The highest BCUT2D eigenvalue weighted by atomic mass is 16.3. The molecule has 2 N–H and O–H groups in total. The predicted octanol–water partition coefficient (Wildman–Crippen LogP) is 1.64. The van der Waals surface area contributed by atoms with Crippen molar-refractivity contribution >= 4 is 22.7 Å². The lowest BCUT2D eigenvalue weighted by Crippen LogP contribution is -3.16. The molecule has 2 aliphatic rings. The maximum atomic E-state index is 12.9. The monoisotopic (exact) mass is 421 g/mol. The van der Waals surface area contributed by atoms with Crippen LogP contribution in [0.5, 0.6) is 5.75 Å². The van der Waals surface area contributed by atoms with Crippen molar-refractivity contribution in [3.8, 4) is 5.75 Å². The van der Waals surface area contributed by atoms with Crippen LogP contribution in [-0.4, -0.2) is 66.7 Å². The van der Waals surface area contributed by atoms with Crippen LogP contribution in [0.1, 0.15) is 24.7 Å². The molecule has 2 aromatic carbocycles. The molecule has 0 radical (unpaired) electrons. The van der Waals surface area contributed by atoms with Crippen molar-refractivity contribution in [1.29, 1.82) is 0 Å². The number of fused-ring (bicyclic) bond motifs is 1. The fourth-order valence-electron chi connectivity index (χ4n) is 4.69. The van der Waals surface area contributed by atoms with Crippen LogP contribution >= 0.6 is 0 Å². The van der Waals surface area contributed by atoms with Gasteiger partial charge in [-0.05, 0) is 49.2 Å². The number of carbonyl (C=O) groups is 1. The number of nitrogens with one attached hydrogen (secondary N) is 1. The molecule has 7 nitrogen and oxygen atoms in total. The number of para-hydroxylation sites is 2. The van der Waals surface area contributed by atoms with Crippen LogP contribution < -0.4 is 9.80 Å². The topological polar surface area (TPSA) is 74.2 Å². The second-order valence-corrected chi connectivity index (χ2v) is 8.61. The summed E-state index contributed by atoms with van der Waals surface area (Å²) < 4.78 is 5.94. The SMILES string of the molecule is O=C(C[NH+]1CCN(c2ccc(O)cc2)CC1)N1CCC(c2nc3ccccc3o2)CC1. The third kappa shape index (κ3) is 4.37. The fourth-order valence-corrected chi connectivity index (χ4v) is 4.69. The van der Waals surface area contributed by atoms with Gasteiger partial charge in [-0.25, -0.2) is 4.98 Å². The molecule has 31 heavy (non-hydrogen) atoms. The molecule has 0 unspecified atom stereocenters. The number of hydrogen-bond acceptors (Lipinski definition) is 5. The minimum atomic E-state index is 0.254. The van der Waals surface area contributed by atoms with Gasteiger partial charge < -0.3 is 24.2 Å². The van der Waals surface area contributed by atoms with Crippen LogP contribution in [-0.2, 0) is 4.79 Å². The number of hydrogen-bond donors (Lipinski definition) is 2. The number of quaternary nitrogens is 1. The molecule has 0 aliphatic carbocycles. The summed E-state index contributed by atoms with van der Waals surface area (Å²) in [6.07, 6.45) is 1.81. The van der Waals surface area contributed by atoms with E-state index < -0.39 is 0 Å². The van der Waals surface area contributed by atoms with E-state index in [9.17, 15) is 9.90 Å². The van der Waals surface area contributed by atoms with Gasteiger partial charge >= 0.3 is 0 Å². The van der Waals surface area contributed by atoms with Gasteiger partial charge in [-0.3, -0.25) is 4.79 Å². The van der Waals surface area contributed by atoms with Gasteiger partial charge in [-0.15, -0.1) is 0 Å². The molecular formula is C24H29N4O3+. The number of benzene rings is 2. The number of piperidine rings is 1. The van der Waals surface area contributed by atoms with E-state index in [4.69, 9.17) is 4.42 Å². The highest BCUT2D eigenvalue weighted by Crippen LogP contribution is 2.29. The molecule has 1 amide bonds. The molecule has 3 heterocycles. The highest BCUT2D eigenvalue weighted by molar-refractivity contribution is 5.77. The van der Waals surface area contributed by atoms with Crippen LogP contribution in [0.4, 0.5) is 5.69 Å². The number of phenols is 1. The number of piperazine rings is 1. The van der Waals surface area contributed by atoms with Crippen LogP contribution in [0.15, 0.2) is 52.9 Å². The largest absolute Gasteiger partial charge is 0.508 e. The van der Waals surface area contributed by atoms with E-state index in [0.717, 1.165) is 74.8 Å². The molecule has 1 aromatic heterocycles. The molecule has 2 aliphatic heterocycles. The second kappa shape index (κ2) is 8.59. The number of carbonyl (C=O) groups excluding carboxylic acids is 1. The number of anilines is 1. The Morgan fingerprint density at radius 2 is 1.74 bits per heavy atom. The van der Waals surface area contributed by atoms with Crippen molar-refractivity contribution in [2.24, 2.45) is 0 Å². The summed E-state index contributed by atoms with van der Waals surface area (Å²) in [5.74, 6) is 1.64. The third-order valence-corrected chi connectivity index (χ3v) is 6.59. The van der Waals surface area contributed by atoms with Crippen molar-refractivity contribution in [3.63, 3.8) is 0 Å². The molecule has 0 bridgehead atoms. The summed E-state index contributed by atoms with van der Waals surface area (Å²) >= 11 is 0. The van der Waals surface area contributed by atoms with Gasteiger partial charge in [0, 0.05) is 24.7 Å². The van der Waals surface area contributed by atoms with Gasteiger partial charge in [-0.1, -0.05) is 12.1 Å². The summed E-state index contributed by atoms with van der Waals surface area (Å²) in [5, 5.41) is 9.46. The molecule has 2 fully saturated rings. The Hall–Kier alpha value is -3.06. The van der Waals surface area contributed by atoms with Crippen molar-refractivity contribution in [2.75, 3.05) is 50.7 Å². The third-order valence-electron chi connectivity index (χ3n) is 6.59. The molecular weight excluding hydrogens is 392 g/mol. The lowest BCUT2D eigenvalue weighted by Gasteiger charge is -2.35. The summed E-state index contributed by atoms with van der Waals surface area (Å²) in [5.41, 5.74) is 2.88. The van der Waals surface area contributed by atoms with E-state index in [0.29, 0.717) is 12.3 Å². The molecule has 0 saturated carbocycles. The number of aromatic hydroxyl groups is 1. The fraction of sp³-hybridized carbons (Fsp3) is 0.417. The molecule has 5 rings (SSSR count). The van der Waals surface area contributed by atoms with E-state index in [-0.39, 0.29) is 11.8 Å². The van der Waals surface area contributed by atoms with Crippen LogP contribution in [0.3, 0.4) is 0 Å². The average Bonchev–Trinajstić information content (AvgIpc) is 3.25. The van der Waals surface area contributed by atoms with Gasteiger partial charge in [0.1, 0.15) is 11.3 Å². The van der Waals surface area contributed by atoms with Crippen molar-refractivity contribution in [1.82, 2.24) is 9.88 Å². The quantitative estimate of drug-likeness (QED) is 0.670. The van der Waals surface area contributed by atoms with E-state index in [1.807, 2.05) is 41.3 Å². The van der Waals surface area contributed by atoms with E-state index >= 15 is 0 Å². The van der Waals surface area contributed by atoms with Gasteiger partial charge in [0.05, 0.1) is 26.2 Å². The van der Waals surface area contributed by atoms with Crippen molar-refractivity contribution in [3.05, 3.63) is 54.4 Å². The number of aromatic nitrogens is 1. The Morgan fingerprint density at radius 1 is 1.03 bits per heavy atom. The van der Waals surface area contributed by atoms with Gasteiger partial charge in [0.25, 0.3) is 5.91 Å². The smallest absolute Gasteiger partial charge is 0.277 e.